The summed E-state index contributed by atoms with van der Waals surface area (Å²) in [6.07, 6.45) is 0. The maximum absolute atomic E-state index is 11.3. The molecule has 4 heteroatoms. The molecule has 0 aromatic heterocycles. The molecule has 2 nitrogen and oxygen atoms in total. The number of rotatable bonds is 2. The molecular weight excluding hydrogens is 228 g/mol. The molecule has 0 aliphatic carbocycles. The zero-order valence-electron chi connectivity index (χ0n) is 8.43. The van der Waals surface area contributed by atoms with Crippen LogP contribution in [0.25, 0.3) is 0 Å². The van der Waals surface area contributed by atoms with Crippen molar-refractivity contribution in [3.63, 3.8) is 0 Å². The van der Waals surface area contributed by atoms with Crippen LogP contribution in [-0.4, -0.2) is 24.6 Å². The predicted molar refractivity (Wildman–Crippen MR) is 65.4 cm³/mol. The summed E-state index contributed by atoms with van der Waals surface area (Å²) >= 11 is 3.87. The number of carbonyl (C=O) groups is 1. The van der Waals surface area contributed by atoms with Gasteiger partial charge in [0.2, 0.25) is 0 Å². The fraction of sp³-hybridized carbons (Fsp3) is 0.364. The van der Waals surface area contributed by atoms with Gasteiger partial charge in [-0.1, -0.05) is 12.1 Å². The summed E-state index contributed by atoms with van der Waals surface area (Å²) in [4.78, 5) is 11.3. The molecule has 0 atom stereocenters. The Labute approximate surface area is 97.8 Å². The zero-order chi connectivity index (χ0) is 10.7. The molecule has 0 amide bonds. The van der Waals surface area contributed by atoms with Gasteiger partial charge < -0.3 is 4.74 Å². The van der Waals surface area contributed by atoms with Crippen LogP contribution >= 0.6 is 23.5 Å². The maximum Gasteiger partial charge on any atom is 0.337 e. The fourth-order valence-corrected chi connectivity index (χ4v) is 4.32. The van der Waals surface area contributed by atoms with Gasteiger partial charge >= 0.3 is 5.97 Å². The highest BCUT2D eigenvalue weighted by atomic mass is 32.2. The molecule has 1 aromatic carbocycles. The van der Waals surface area contributed by atoms with Crippen molar-refractivity contribution in [1.82, 2.24) is 0 Å². The van der Waals surface area contributed by atoms with E-state index in [1.54, 1.807) is 6.07 Å². The second kappa shape index (κ2) is 4.94. The van der Waals surface area contributed by atoms with Gasteiger partial charge in [0.15, 0.2) is 0 Å². The molecule has 0 unspecified atom stereocenters. The lowest BCUT2D eigenvalue weighted by atomic mass is 10.1. The Hall–Kier alpha value is -0.610. The van der Waals surface area contributed by atoms with Crippen molar-refractivity contribution in [2.24, 2.45) is 0 Å². The van der Waals surface area contributed by atoms with Crippen LogP contribution in [0.15, 0.2) is 24.3 Å². The normalized spacial score (nSPS) is 16.6. The summed E-state index contributed by atoms with van der Waals surface area (Å²) in [5.74, 6) is 2.13. The average Bonchev–Trinajstić information content (AvgIpc) is 2.82. The lowest BCUT2D eigenvalue weighted by Crippen LogP contribution is -2.01. The Balaban J connectivity index is 2.21. The number of esters is 1. The van der Waals surface area contributed by atoms with E-state index in [2.05, 4.69) is 6.07 Å². The smallest absolute Gasteiger partial charge is 0.337 e. The Morgan fingerprint density at radius 3 is 2.80 bits per heavy atom. The number of hydrogen-bond donors (Lipinski definition) is 0. The Bertz CT molecular complexity index is 359. The SMILES string of the molecule is COC(=O)c1cccc(C2SCCS2)c1. The molecule has 80 valence electrons. The van der Waals surface area contributed by atoms with E-state index in [4.69, 9.17) is 4.74 Å². The summed E-state index contributed by atoms with van der Waals surface area (Å²) in [7, 11) is 1.41. The van der Waals surface area contributed by atoms with Crippen LogP contribution in [0.3, 0.4) is 0 Å². The van der Waals surface area contributed by atoms with Gasteiger partial charge in [-0.15, -0.1) is 23.5 Å². The minimum Gasteiger partial charge on any atom is -0.465 e. The highest BCUT2D eigenvalue weighted by molar-refractivity contribution is 8.19. The molecule has 0 saturated carbocycles. The number of hydrogen-bond acceptors (Lipinski definition) is 4. The van der Waals surface area contributed by atoms with Crippen LogP contribution in [0.5, 0.6) is 0 Å². The van der Waals surface area contributed by atoms with Crippen LogP contribution in [0.2, 0.25) is 0 Å². The van der Waals surface area contributed by atoms with E-state index in [9.17, 15) is 4.79 Å². The molecule has 0 bridgehead atoms. The topological polar surface area (TPSA) is 26.3 Å². The molecule has 1 heterocycles. The molecule has 1 aliphatic rings. The van der Waals surface area contributed by atoms with E-state index in [-0.39, 0.29) is 5.97 Å². The van der Waals surface area contributed by atoms with Gasteiger partial charge in [-0.3, -0.25) is 0 Å². The van der Waals surface area contributed by atoms with Crippen LogP contribution in [0.1, 0.15) is 20.5 Å². The standard InChI is InChI=1S/C11H12O2S2/c1-13-10(12)8-3-2-4-9(7-8)11-14-5-6-15-11/h2-4,7,11H,5-6H2,1H3. The van der Waals surface area contributed by atoms with Gasteiger partial charge in [0.25, 0.3) is 0 Å². The van der Waals surface area contributed by atoms with Crippen LogP contribution in [0.4, 0.5) is 0 Å². The number of thioether (sulfide) groups is 2. The van der Waals surface area contributed by atoms with Gasteiger partial charge in [0.05, 0.1) is 17.3 Å². The summed E-state index contributed by atoms with van der Waals surface area (Å²) in [5.41, 5.74) is 1.86. The maximum atomic E-state index is 11.3. The van der Waals surface area contributed by atoms with Crippen molar-refractivity contribution in [2.75, 3.05) is 18.6 Å². The Kier molecular flexibility index (Phi) is 3.59. The average molecular weight is 240 g/mol. The second-order valence-electron chi connectivity index (χ2n) is 3.19. The zero-order valence-corrected chi connectivity index (χ0v) is 10.1. The van der Waals surface area contributed by atoms with E-state index in [0.717, 1.165) is 0 Å². The van der Waals surface area contributed by atoms with Crippen molar-refractivity contribution in [3.05, 3.63) is 35.4 Å². The molecular formula is C11H12O2S2. The molecule has 2 rings (SSSR count). The third-order valence-electron chi connectivity index (χ3n) is 2.20. The highest BCUT2D eigenvalue weighted by Crippen LogP contribution is 2.45. The van der Waals surface area contributed by atoms with E-state index < -0.39 is 0 Å². The largest absolute Gasteiger partial charge is 0.465 e. The third kappa shape index (κ3) is 2.49. The van der Waals surface area contributed by atoms with E-state index in [1.807, 2.05) is 35.7 Å². The van der Waals surface area contributed by atoms with Crippen molar-refractivity contribution in [3.8, 4) is 0 Å². The molecule has 1 saturated heterocycles. The van der Waals surface area contributed by atoms with E-state index in [0.29, 0.717) is 10.1 Å². The molecule has 0 spiro atoms. The minimum atomic E-state index is -0.259. The first-order valence-electron chi connectivity index (χ1n) is 4.73. The molecule has 0 N–H and O–H groups in total. The summed E-state index contributed by atoms with van der Waals surface area (Å²) < 4.78 is 5.18. The van der Waals surface area contributed by atoms with Gasteiger partial charge in [0, 0.05) is 11.5 Å². The summed E-state index contributed by atoms with van der Waals surface area (Å²) in [6, 6.07) is 7.71. The van der Waals surface area contributed by atoms with Crippen LogP contribution in [-0.2, 0) is 4.74 Å². The van der Waals surface area contributed by atoms with Crippen molar-refractivity contribution in [1.29, 1.82) is 0 Å². The van der Waals surface area contributed by atoms with Gasteiger partial charge in [0.1, 0.15) is 0 Å². The number of ether oxygens (including phenoxy) is 1. The number of methoxy groups -OCH3 is 1. The first-order valence-corrected chi connectivity index (χ1v) is 6.82. The molecule has 0 radical (unpaired) electrons. The summed E-state index contributed by atoms with van der Waals surface area (Å²) in [6.45, 7) is 0. The highest BCUT2D eigenvalue weighted by Gasteiger charge is 2.19. The van der Waals surface area contributed by atoms with Crippen molar-refractivity contribution < 1.29 is 9.53 Å². The lowest BCUT2D eigenvalue weighted by Gasteiger charge is -2.09. The first kappa shape index (κ1) is 10.9. The monoisotopic (exact) mass is 240 g/mol. The van der Waals surface area contributed by atoms with Crippen LogP contribution in [0, 0.1) is 0 Å². The second-order valence-corrected chi connectivity index (χ2v) is 5.91. The lowest BCUT2D eigenvalue weighted by molar-refractivity contribution is 0.0600. The molecule has 1 aromatic rings. The molecule has 1 fully saturated rings. The number of carbonyl (C=O) groups excluding carboxylic acids is 1. The first-order chi connectivity index (χ1) is 7.31. The van der Waals surface area contributed by atoms with Gasteiger partial charge in [-0.05, 0) is 17.7 Å². The predicted octanol–water partition coefficient (Wildman–Crippen LogP) is 2.95. The Morgan fingerprint density at radius 1 is 1.40 bits per heavy atom. The molecule has 15 heavy (non-hydrogen) atoms. The minimum absolute atomic E-state index is 0.259. The van der Waals surface area contributed by atoms with Gasteiger partial charge in [-0.2, -0.15) is 0 Å². The van der Waals surface area contributed by atoms with Crippen molar-refractivity contribution >= 4 is 29.5 Å². The summed E-state index contributed by atoms with van der Waals surface area (Å²) in [5, 5.41) is 0. The quantitative estimate of drug-likeness (QED) is 0.742. The Morgan fingerprint density at radius 2 is 2.13 bits per heavy atom. The van der Waals surface area contributed by atoms with E-state index >= 15 is 0 Å². The van der Waals surface area contributed by atoms with Crippen molar-refractivity contribution in [2.45, 2.75) is 4.58 Å². The number of benzene rings is 1. The van der Waals surface area contributed by atoms with Crippen LogP contribution < -0.4 is 0 Å². The van der Waals surface area contributed by atoms with Gasteiger partial charge in [-0.25, -0.2) is 4.79 Å². The van der Waals surface area contributed by atoms with E-state index in [1.165, 1.54) is 24.2 Å². The fourth-order valence-electron chi connectivity index (χ4n) is 1.48. The third-order valence-corrected chi connectivity index (χ3v) is 5.31. The molecule has 1 aliphatic heterocycles.